The summed E-state index contributed by atoms with van der Waals surface area (Å²) in [6, 6.07) is 0. The molecule has 10 aliphatic rings. The minimum atomic E-state index is 1.05. The third kappa shape index (κ3) is 2.75. The average Bonchev–Trinajstić information content (AvgIpc) is 3.56. The molecule has 0 aromatic rings. The molecule has 204 valence electrons. The van der Waals surface area contributed by atoms with Crippen molar-refractivity contribution in [3.05, 3.63) is 0 Å². The van der Waals surface area contributed by atoms with E-state index in [1.807, 2.05) is 0 Å². The van der Waals surface area contributed by atoms with Crippen LogP contribution in [0.2, 0.25) is 0 Å². The van der Waals surface area contributed by atoms with Crippen LogP contribution in [0.5, 0.6) is 0 Å². The highest BCUT2D eigenvalue weighted by molar-refractivity contribution is 5.21. The van der Waals surface area contributed by atoms with Gasteiger partial charge in [0.1, 0.15) is 0 Å². The fourth-order valence-electron chi connectivity index (χ4n) is 17.4. The molecule has 19 atom stereocenters. The molecule has 10 aliphatic carbocycles. The van der Waals surface area contributed by atoms with Crippen molar-refractivity contribution >= 4 is 0 Å². The lowest BCUT2D eigenvalue weighted by Crippen LogP contribution is -2.49. The predicted octanol–water partition coefficient (Wildman–Crippen LogP) is 9.48. The zero-order valence-electron chi connectivity index (χ0n) is 24.0. The third-order valence-corrected chi connectivity index (χ3v) is 17.4. The third-order valence-electron chi connectivity index (χ3n) is 17.4. The van der Waals surface area contributed by atoms with Gasteiger partial charge in [0.15, 0.2) is 0 Å². The van der Waals surface area contributed by atoms with Gasteiger partial charge in [-0.05, 0) is 157 Å². The summed E-state index contributed by atoms with van der Waals surface area (Å²) in [4.78, 5) is 0. The van der Waals surface area contributed by atoms with E-state index < -0.39 is 0 Å². The topological polar surface area (TPSA) is 0 Å². The van der Waals surface area contributed by atoms with Crippen LogP contribution < -0.4 is 0 Å². The quantitative estimate of drug-likeness (QED) is 0.311. The molecule has 10 saturated carbocycles. The molecule has 0 nitrogen and oxygen atoms in total. The summed E-state index contributed by atoms with van der Waals surface area (Å²) in [5.74, 6) is 22.3. The molecule has 0 spiro atoms. The maximum absolute atomic E-state index is 2.70. The van der Waals surface area contributed by atoms with Gasteiger partial charge in [-0.3, -0.25) is 0 Å². The fourth-order valence-corrected chi connectivity index (χ4v) is 17.4. The highest BCUT2D eigenvalue weighted by atomic mass is 14.8. The van der Waals surface area contributed by atoms with Gasteiger partial charge < -0.3 is 0 Å². The second kappa shape index (κ2) is 8.05. The van der Waals surface area contributed by atoms with Gasteiger partial charge >= 0.3 is 0 Å². The minimum Gasteiger partial charge on any atom is -0.0622 e. The maximum atomic E-state index is 2.70. The van der Waals surface area contributed by atoms with Crippen LogP contribution in [-0.2, 0) is 0 Å². The molecular formula is C37H56. The van der Waals surface area contributed by atoms with Gasteiger partial charge in [-0.1, -0.05) is 71.1 Å². The van der Waals surface area contributed by atoms with Crippen molar-refractivity contribution in [2.45, 2.75) is 116 Å². The van der Waals surface area contributed by atoms with E-state index in [0.717, 1.165) is 23.7 Å². The molecule has 0 aromatic carbocycles. The van der Waals surface area contributed by atoms with E-state index in [1.54, 1.807) is 109 Å². The Morgan fingerprint density at radius 2 is 0.595 bits per heavy atom. The van der Waals surface area contributed by atoms with Gasteiger partial charge in [0.25, 0.3) is 0 Å². The molecule has 0 heterocycles. The lowest BCUT2D eigenvalue weighted by atomic mass is 9.51. The highest BCUT2D eigenvalue weighted by Crippen LogP contribution is 2.79. The number of hydrogen-bond acceptors (Lipinski definition) is 0. The van der Waals surface area contributed by atoms with Gasteiger partial charge in [-0.2, -0.15) is 0 Å². The molecule has 0 N–H and O–H groups in total. The minimum absolute atomic E-state index is 1.05. The van der Waals surface area contributed by atoms with Crippen molar-refractivity contribution in [3.63, 3.8) is 0 Å². The monoisotopic (exact) mass is 500 g/mol. The molecule has 10 rings (SSSR count). The largest absolute Gasteiger partial charge is 0.0622 e. The van der Waals surface area contributed by atoms with Crippen molar-refractivity contribution in [3.8, 4) is 0 Å². The maximum Gasteiger partial charge on any atom is -0.0315 e. The van der Waals surface area contributed by atoms with E-state index in [1.165, 1.54) is 88.8 Å². The first-order chi connectivity index (χ1) is 18.3. The Balaban J connectivity index is 1.16. The van der Waals surface area contributed by atoms with E-state index in [0.29, 0.717) is 0 Å². The second-order valence-electron chi connectivity index (χ2n) is 17.6. The summed E-state index contributed by atoms with van der Waals surface area (Å²) in [5.41, 5.74) is 0. The molecule has 10 fully saturated rings. The SMILES string of the molecule is CC1CCC2C3C1CCCC3C1C3C4CCCC5CCCC(C54)C3C3C4CCCC5CCCC(C54)C3C21. The van der Waals surface area contributed by atoms with Crippen LogP contribution >= 0.6 is 0 Å². The summed E-state index contributed by atoms with van der Waals surface area (Å²) >= 11 is 0. The van der Waals surface area contributed by atoms with Crippen LogP contribution in [0.1, 0.15) is 116 Å². The smallest absolute Gasteiger partial charge is 0.0315 e. The van der Waals surface area contributed by atoms with Gasteiger partial charge in [-0.25, -0.2) is 0 Å². The summed E-state index contributed by atoms with van der Waals surface area (Å²) in [6.07, 6.45) is 27.8. The Kier molecular flexibility index (Phi) is 4.93. The van der Waals surface area contributed by atoms with Crippen molar-refractivity contribution < 1.29 is 0 Å². The molecule has 0 heteroatoms. The van der Waals surface area contributed by atoms with E-state index in [-0.39, 0.29) is 0 Å². The zero-order chi connectivity index (χ0) is 24.0. The Bertz CT molecular complexity index is 857. The van der Waals surface area contributed by atoms with Crippen LogP contribution in [0.4, 0.5) is 0 Å². The second-order valence-corrected chi connectivity index (χ2v) is 17.6. The van der Waals surface area contributed by atoms with E-state index in [4.69, 9.17) is 0 Å². The summed E-state index contributed by atoms with van der Waals surface area (Å²) in [7, 11) is 0. The average molecular weight is 501 g/mol. The summed E-state index contributed by atoms with van der Waals surface area (Å²) in [6.45, 7) is 2.70. The molecule has 0 aliphatic heterocycles. The fraction of sp³-hybridized carbons (Fsp3) is 1.00. The van der Waals surface area contributed by atoms with E-state index in [9.17, 15) is 0 Å². The molecule has 37 heavy (non-hydrogen) atoms. The molecule has 0 bridgehead atoms. The normalized spacial score (nSPS) is 66.6. The lowest BCUT2D eigenvalue weighted by molar-refractivity contribution is -0.0607. The highest BCUT2D eigenvalue weighted by Gasteiger charge is 2.74. The van der Waals surface area contributed by atoms with Crippen molar-refractivity contribution in [1.29, 1.82) is 0 Å². The predicted molar refractivity (Wildman–Crippen MR) is 150 cm³/mol. The Hall–Kier alpha value is 0. The van der Waals surface area contributed by atoms with Gasteiger partial charge in [0.05, 0.1) is 0 Å². The van der Waals surface area contributed by atoms with Crippen LogP contribution in [0, 0.1) is 112 Å². The van der Waals surface area contributed by atoms with E-state index >= 15 is 0 Å². The van der Waals surface area contributed by atoms with Crippen LogP contribution in [0.25, 0.3) is 0 Å². The van der Waals surface area contributed by atoms with Crippen LogP contribution in [0.3, 0.4) is 0 Å². The molecule has 19 unspecified atom stereocenters. The number of rotatable bonds is 0. The van der Waals surface area contributed by atoms with Crippen LogP contribution in [0.15, 0.2) is 0 Å². The van der Waals surface area contributed by atoms with Crippen molar-refractivity contribution in [2.75, 3.05) is 0 Å². The summed E-state index contributed by atoms with van der Waals surface area (Å²) < 4.78 is 0. The number of hydrogen-bond donors (Lipinski definition) is 0. The first-order valence-electron chi connectivity index (χ1n) is 18.3. The van der Waals surface area contributed by atoms with Crippen molar-refractivity contribution in [2.24, 2.45) is 112 Å². The van der Waals surface area contributed by atoms with Gasteiger partial charge in [0, 0.05) is 0 Å². The molecule has 0 saturated heterocycles. The van der Waals surface area contributed by atoms with Gasteiger partial charge in [0.2, 0.25) is 0 Å². The van der Waals surface area contributed by atoms with Crippen LogP contribution in [-0.4, -0.2) is 0 Å². The van der Waals surface area contributed by atoms with Gasteiger partial charge in [-0.15, -0.1) is 0 Å². The number of fused-ring (bicyclic) bond motifs is 12. The lowest BCUT2D eigenvalue weighted by Gasteiger charge is -2.53. The zero-order valence-corrected chi connectivity index (χ0v) is 24.0. The molecule has 0 amide bonds. The standard InChI is InChI=1S/C37H56/c1-19-17-18-28-31-22(19)11-6-16-27(31)36-34-25-14-4-9-20-7-2-12-23(29(20)25)32(34)33-24-13-3-8-21-10-5-15-26(30(21)24)35(33)37(28)36/h19-37H,2-18H2,1H3. The Labute approximate surface area is 228 Å². The Morgan fingerprint density at radius 1 is 0.270 bits per heavy atom. The first kappa shape index (κ1) is 22.7. The first-order valence-corrected chi connectivity index (χ1v) is 18.3. The summed E-state index contributed by atoms with van der Waals surface area (Å²) in [5, 5.41) is 0. The molecule has 0 radical (unpaired) electrons. The molecule has 0 aromatic heterocycles. The Morgan fingerprint density at radius 3 is 1.03 bits per heavy atom. The van der Waals surface area contributed by atoms with Crippen molar-refractivity contribution in [1.82, 2.24) is 0 Å². The van der Waals surface area contributed by atoms with E-state index in [2.05, 4.69) is 6.92 Å². The molecular weight excluding hydrogens is 444 g/mol.